The second-order valence-corrected chi connectivity index (χ2v) is 3.63. The van der Waals surface area contributed by atoms with E-state index in [0.717, 1.165) is 6.54 Å². The van der Waals surface area contributed by atoms with Crippen molar-refractivity contribution in [2.75, 3.05) is 19.6 Å². The zero-order valence-corrected chi connectivity index (χ0v) is 8.60. The van der Waals surface area contributed by atoms with Gasteiger partial charge < -0.3 is 14.8 Å². The molecule has 2 rings (SSSR count). The van der Waals surface area contributed by atoms with E-state index < -0.39 is 5.97 Å². The van der Waals surface area contributed by atoms with E-state index in [0.29, 0.717) is 25.4 Å². The van der Waals surface area contributed by atoms with Crippen LogP contribution in [0.4, 0.5) is 0 Å². The highest BCUT2D eigenvalue weighted by Gasteiger charge is 2.18. The highest BCUT2D eigenvalue weighted by molar-refractivity contribution is 5.84. The van der Waals surface area contributed by atoms with E-state index in [1.54, 1.807) is 6.07 Å². The number of carbonyl (C=O) groups excluding carboxylic acids is 1. The Hall–Kier alpha value is -1.82. The van der Waals surface area contributed by atoms with Crippen molar-refractivity contribution >= 4 is 11.9 Å². The van der Waals surface area contributed by atoms with Gasteiger partial charge in [0.05, 0.1) is 13.1 Å². The summed E-state index contributed by atoms with van der Waals surface area (Å²) >= 11 is 0. The predicted octanol–water partition coefficient (Wildman–Crippen LogP) is -0.0904. The van der Waals surface area contributed by atoms with Crippen LogP contribution in [0.3, 0.4) is 0 Å². The molecule has 6 heteroatoms. The summed E-state index contributed by atoms with van der Waals surface area (Å²) in [5.41, 5.74) is 0. The fourth-order valence-corrected chi connectivity index (χ4v) is 1.62. The molecule has 16 heavy (non-hydrogen) atoms. The Balaban J connectivity index is 1.97. The van der Waals surface area contributed by atoms with E-state index in [1.807, 2.05) is 4.90 Å². The Bertz CT molecular complexity index is 413. The molecule has 0 unspecified atom stereocenters. The molecule has 2 N–H and O–H groups in total. The molecule has 0 saturated carbocycles. The molecule has 1 saturated heterocycles. The minimum absolute atomic E-state index is 0.0173. The van der Waals surface area contributed by atoms with Gasteiger partial charge in [-0.1, -0.05) is 0 Å². The Labute approximate surface area is 91.8 Å². The van der Waals surface area contributed by atoms with Gasteiger partial charge in [0, 0.05) is 13.1 Å². The van der Waals surface area contributed by atoms with Crippen LogP contribution in [0.25, 0.3) is 0 Å². The number of carboxylic acid groups (broad SMARTS) is 1. The molecule has 0 bridgehead atoms. The van der Waals surface area contributed by atoms with Gasteiger partial charge in [0.15, 0.2) is 0 Å². The summed E-state index contributed by atoms with van der Waals surface area (Å²) in [6, 6.07) is 3.04. The second-order valence-electron chi connectivity index (χ2n) is 3.63. The molecule has 2 heterocycles. The SMILES string of the molecule is O=C1CN(Cc2ccc(C(=O)O)o2)CCN1. The lowest BCUT2D eigenvalue weighted by Gasteiger charge is -2.25. The molecular weight excluding hydrogens is 212 g/mol. The summed E-state index contributed by atoms with van der Waals surface area (Å²) in [4.78, 5) is 23.6. The Kier molecular flexibility index (Phi) is 2.91. The molecule has 1 aromatic heterocycles. The minimum atomic E-state index is -1.08. The first-order chi connectivity index (χ1) is 7.65. The number of nitrogens with one attached hydrogen (secondary N) is 1. The zero-order chi connectivity index (χ0) is 11.5. The van der Waals surface area contributed by atoms with Crippen LogP contribution in [0.5, 0.6) is 0 Å². The number of amides is 1. The van der Waals surface area contributed by atoms with E-state index in [-0.39, 0.29) is 11.7 Å². The lowest BCUT2D eigenvalue weighted by atomic mass is 10.3. The van der Waals surface area contributed by atoms with Crippen LogP contribution in [0.2, 0.25) is 0 Å². The third kappa shape index (κ3) is 2.40. The summed E-state index contributed by atoms with van der Waals surface area (Å²) < 4.78 is 5.11. The predicted molar refractivity (Wildman–Crippen MR) is 54.0 cm³/mol. The maximum atomic E-state index is 11.1. The van der Waals surface area contributed by atoms with Crippen molar-refractivity contribution in [1.82, 2.24) is 10.2 Å². The molecule has 1 fully saturated rings. The summed E-state index contributed by atoms with van der Waals surface area (Å²) in [7, 11) is 0. The molecule has 86 valence electrons. The summed E-state index contributed by atoms with van der Waals surface area (Å²) in [6.07, 6.45) is 0. The van der Waals surface area contributed by atoms with Gasteiger partial charge >= 0.3 is 5.97 Å². The van der Waals surface area contributed by atoms with Crippen molar-refractivity contribution in [2.45, 2.75) is 6.54 Å². The highest BCUT2D eigenvalue weighted by atomic mass is 16.4. The smallest absolute Gasteiger partial charge is 0.371 e. The molecule has 1 amide bonds. The number of nitrogens with zero attached hydrogens (tertiary/aromatic N) is 1. The first kappa shape index (κ1) is 10.7. The van der Waals surface area contributed by atoms with Crippen LogP contribution >= 0.6 is 0 Å². The molecule has 6 nitrogen and oxygen atoms in total. The van der Waals surface area contributed by atoms with Gasteiger partial charge in [-0.3, -0.25) is 9.69 Å². The lowest BCUT2D eigenvalue weighted by molar-refractivity contribution is -0.124. The average Bonchev–Trinajstić information content (AvgIpc) is 2.66. The summed E-state index contributed by atoms with van der Waals surface area (Å²) in [6.45, 7) is 2.14. The third-order valence-electron chi connectivity index (χ3n) is 2.37. The zero-order valence-electron chi connectivity index (χ0n) is 8.60. The molecule has 1 aliphatic rings. The van der Waals surface area contributed by atoms with Gasteiger partial charge in [-0.25, -0.2) is 4.79 Å². The first-order valence-electron chi connectivity index (χ1n) is 4.96. The van der Waals surface area contributed by atoms with Crippen molar-refractivity contribution in [3.8, 4) is 0 Å². The van der Waals surface area contributed by atoms with Crippen LogP contribution in [0.1, 0.15) is 16.3 Å². The quantitative estimate of drug-likeness (QED) is 0.749. The third-order valence-corrected chi connectivity index (χ3v) is 2.37. The second kappa shape index (κ2) is 4.36. The van der Waals surface area contributed by atoms with Gasteiger partial charge in [-0.05, 0) is 12.1 Å². The standard InChI is InChI=1S/C10H12N2O4/c13-9-6-12(4-3-11-9)5-7-1-2-8(16-7)10(14)15/h1-2H,3-6H2,(H,11,13)(H,14,15). The molecule has 0 spiro atoms. The molecule has 0 aromatic carbocycles. The fourth-order valence-electron chi connectivity index (χ4n) is 1.62. The highest BCUT2D eigenvalue weighted by Crippen LogP contribution is 2.11. The van der Waals surface area contributed by atoms with Crippen molar-refractivity contribution < 1.29 is 19.1 Å². The average molecular weight is 224 g/mol. The maximum absolute atomic E-state index is 11.1. The topological polar surface area (TPSA) is 82.8 Å². The number of rotatable bonds is 3. The van der Waals surface area contributed by atoms with Crippen molar-refractivity contribution in [3.05, 3.63) is 23.7 Å². The van der Waals surface area contributed by atoms with E-state index in [2.05, 4.69) is 5.32 Å². The normalized spacial score (nSPS) is 17.1. The van der Waals surface area contributed by atoms with Gasteiger partial charge in [0.25, 0.3) is 0 Å². The van der Waals surface area contributed by atoms with Gasteiger partial charge in [0.2, 0.25) is 11.7 Å². The minimum Gasteiger partial charge on any atom is -0.475 e. The maximum Gasteiger partial charge on any atom is 0.371 e. The molecule has 1 aliphatic heterocycles. The molecule has 0 radical (unpaired) electrons. The van der Waals surface area contributed by atoms with Crippen LogP contribution in [-0.2, 0) is 11.3 Å². The van der Waals surface area contributed by atoms with Gasteiger partial charge in [-0.15, -0.1) is 0 Å². The van der Waals surface area contributed by atoms with E-state index in [1.165, 1.54) is 6.07 Å². The lowest BCUT2D eigenvalue weighted by Crippen LogP contribution is -2.47. The van der Waals surface area contributed by atoms with E-state index in [4.69, 9.17) is 9.52 Å². The van der Waals surface area contributed by atoms with Crippen LogP contribution in [0.15, 0.2) is 16.5 Å². The largest absolute Gasteiger partial charge is 0.475 e. The number of aromatic carboxylic acids is 1. The van der Waals surface area contributed by atoms with Crippen molar-refractivity contribution in [2.24, 2.45) is 0 Å². The number of piperazine rings is 1. The molecule has 1 aromatic rings. The van der Waals surface area contributed by atoms with Crippen molar-refractivity contribution in [1.29, 1.82) is 0 Å². The Morgan fingerprint density at radius 3 is 3.00 bits per heavy atom. The molecular formula is C10H12N2O4. The van der Waals surface area contributed by atoms with Gasteiger partial charge in [0.1, 0.15) is 5.76 Å². The number of hydrogen-bond donors (Lipinski definition) is 2. The van der Waals surface area contributed by atoms with E-state index in [9.17, 15) is 9.59 Å². The Morgan fingerprint density at radius 1 is 1.56 bits per heavy atom. The van der Waals surface area contributed by atoms with Crippen LogP contribution in [-0.4, -0.2) is 41.5 Å². The van der Waals surface area contributed by atoms with Crippen LogP contribution in [0, 0.1) is 0 Å². The fraction of sp³-hybridized carbons (Fsp3) is 0.400. The summed E-state index contributed by atoms with van der Waals surface area (Å²) in [5, 5.41) is 11.4. The Morgan fingerprint density at radius 2 is 2.38 bits per heavy atom. The molecule has 0 aliphatic carbocycles. The summed E-state index contributed by atoms with van der Waals surface area (Å²) in [5.74, 6) is -0.609. The first-order valence-corrected chi connectivity index (χ1v) is 4.96. The molecule has 0 atom stereocenters. The van der Waals surface area contributed by atoms with Crippen molar-refractivity contribution in [3.63, 3.8) is 0 Å². The van der Waals surface area contributed by atoms with E-state index >= 15 is 0 Å². The number of carboxylic acids is 1. The van der Waals surface area contributed by atoms with Gasteiger partial charge in [-0.2, -0.15) is 0 Å². The number of hydrogen-bond acceptors (Lipinski definition) is 4. The monoisotopic (exact) mass is 224 g/mol. The number of furan rings is 1. The number of carbonyl (C=O) groups is 2. The van der Waals surface area contributed by atoms with Crippen LogP contribution < -0.4 is 5.32 Å².